The van der Waals surface area contributed by atoms with E-state index in [4.69, 9.17) is 9.47 Å². The van der Waals surface area contributed by atoms with Crippen LogP contribution in [0.2, 0.25) is 0 Å². The van der Waals surface area contributed by atoms with Crippen molar-refractivity contribution >= 4 is 11.5 Å². The second-order valence-corrected chi connectivity index (χ2v) is 11.7. The number of aliphatic carboxylic acids is 1. The Morgan fingerprint density at radius 1 is 1.05 bits per heavy atom. The predicted octanol–water partition coefficient (Wildman–Crippen LogP) is 8.50. The molecule has 0 aromatic heterocycles. The molecule has 2 aliphatic rings. The molecule has 1 saturated carbocycles. The molecule has 0 saturated heterocycles. The van der Waals surface area contributed by atoms with Crippen LogP contribution in [0.1, 0.15) is 69.1 Å². The first-order valence-corrected chi connectivity index (χ1v) is 13.8. The fourth-order valence-electron chi connectivity index (χ4n) is 6.06. The van der Waals surface area contributed by atoms with E-state index in [2.05, 4.69) is 32.9 Å². The highest BCUT2D eigenvalue weighted by molar-refractivity contribution is 5.85. The molecule has 0 radical (unpaired) electrons. The lowest BCUT2D eigenvalue weighted by Gasteiger charge is -2.25. The van der Waals surface area contributed by atoms with Gasteiger partial charge in [0.25, 0.3) is 0 Å². The number of rotatable bonds is 10. The second-order valence-electron chi connectivity index (χ2n) is 11.7. The van der Waals surface area contributed by atoms with Crippen molar-refractivity contribution in [3.05, 3.63) is 89.2 Å². The van der Waals surface area contributed by atoms with Crippen LogP contribution in [0.3, 0.4) is 0 Å². The molecule has 5 heteroatoms. The van der Waals surface area contributed by atoms with E-state index in [0.717, 1.165) is 47.3 Å². The molecular weight excluding hydrogens is 491 g/mol. The van der Waals surface area contributed by atoms with E-state index >= 15 is 4.39 Å². The first-order valence-electron chi connectivity index (χ1n) is 13.8. The molecule has 0 spiro atoms. The van der Waals surface area contributed by atoms with Crippen LogP contribution in [0.5, 0.6) is 11.5 Å². The second kappa shape index (κ2) is 10.9. The first kappa shape index (κ1) is 27.0. The molecule has 0 heterocycles. The average Bonchev–Trinajstić information content (AvgIpc) is 3.53. The zero-order valence-corrected chi connectivity index (χ0v) is 23.2. The van der Waals surface area contributed by atoms with Crippen molar-refractivity contribution in [2.45, 2.75) is 59.0 Å². The molecule has 0 bridgehead atoms. The highest BCUT2D eigenvalue weighted by atomic mass is 19.1. The van der Waals surface area contributed by atoms with Gasteiger partial charge in [-0.1, -0.05) is 51.1 Å². The lowest BCUT2D eigenvalue weighted by Crippen LogP contribution is -2.11. The zero-order chi connectivity index (χ0) is 27.7. The number of carbonyl (C=O) groups is 1. The van der Waals surface area contributed by atoms with Crippen LogP contribution in [0.4, 0.5) is 4.39 Å². The standard InChI is InChI=1S/C34H37FO4/c1-21-15-27(21)28(19-33(36)37)23-7-5-8-25(17-23)39-20-22-10-12-26(30-18-24(38-4)11-13-32(30)35)29(16-22)31-9-6-14-34(31,2)3/h5,7-13,16-18,21,27-28H,6,14-15,19-20H2,1-4H3,(H,36,37)/t21?,27-,28+/m0/s1. The number of ether oxygens (including phenoxy) is 2. The molecule has 1 fully saturated rings. The molecule has 1 N–H and O–H groups in total. The normalized spacial score (nSPS) is 20.3. The Bertz CT molecular complexity index is 1410. The van der Waals surface area contributed by atoms with Crippen LogP contribution in [0, 0.1) is 23.1 Å². The summed E-state index contributed by atoms with van der Waals surface area (Å²) in [5.41, 5.74) is 5.59. The summed E-state index contributed by atoms with van der Waals surface area (Å²) >= 11 is 0. The molecule has 4 nitrogen and oxygen atoms in total. The van der Waals surface area contributed by atoms with Crippen molar-refractivity contribution in [3.63, 3.8) is 0 Å². The van der Waals surface area contributed by atoms with E-state index < -0.39 is 5.97 Å². The van der Waals surface area contributed by atoms with E-state index in [1.165, 1.54) is 11.6 Å². The number of allylic oxidation sites excluding steroid dienone is 2. The van der Waals surface area contributed by atoms with Crippen LogP contribution in [0.25, 0.3) is 16.7 Å². The van der Waals surface area contributed by atoms with Gasteiger partial charge in [0.2, 0.25) is 0 Å². The van der Waals surface area contributed by atoms with Gasteiger partial charge in [-0.25, -0.2) is 4.39 Å². The van der Waals surface area contributed by atoms with Gasteiger partial charge in [-0.05, 0) is 107 Å². The van der Waals surface area contributed by atoms with Crippen molar-refractivity contribution < 1.29 is 23.8 Å². The number of hydrogen-bond acceptors (Lipinski definition) is 3. The Balaban J connectivity index is 1.44. The summed E-state index contributed by atoms with van der Waals surface area (Å²) in [4.78, 5) is 11.5. The van der Waals surface area contributed by atoms with Crippen molar-refractivity contribution in [3.8, 4) is 22.6 Å². The summed E-state index contributed by atoms with van der Waals surface area (Å²) in [5.74, 6) is 1.25. The van der Waals surface area contributed by atoms with Gasteiger partial charge >= 0.3 is 5.97 Å². The first-order chi connectivity index (χ1) is 18.7. The topological polar surface area (TPSA) is 55.8 Å². The Hall–Kier alpha value is -3.60. The molecule has 39 heavy (non-hydrogen) atoms. The highest BCUT2D eigenvalue weighted by Crippen LogP contribution is 2.50. The number of benzene rings is 3. The average molecular weight is 529 g/mol. The Kier molecular flexibility index (Phi) is 7.53. The third kappa shape index (κ3) is 5.88. The molecule has 3 aromatic rings. The summed E-state index contributed by atoms with van der Waals surface area (Å²) < 4.78 is 26.7. The minimum atomic E-state index is -0.769. The minimum Gasteiger partial charge on any atom is -0.497 e. The lowest BCUT2D eigenvalue weighted by molar-refractivity contribution is -0.137. The number of methoxy groups -OCH3 is 1. The maximum atomic E-state index is 15.1. The smallest absolute Gasteiger partial charge is 0.303 e. The Morgan fingerprint density at radius 3 is 2.51 bits per heavy atom. The fourth-order valence-corrected chi connectivity index (χ4v) is 6.06. The van der Waals surface area contributed by atoms with Crippen molar-refractivity contribution in [1.29, 1.82) is 0 Å². The maximum Gasteiger partial charge on any atom is 0.303 e. The number of hydrogen-bond donors (Lipinski definition) is 1. The third-order valence-corrected chi connectivity index (χ3v) is 8.46. The van der Waals surface area contributed by atoms with Gasteiger partial charge in [-0.15, -0.1) is 0 Å². The number of carboxylic acid groups (broad SMARTS) is 1. The van der Waals surface area contributed by atoms with Crippen molar-refractivity contribution in [2.75, 3.05) is 7.11 Å². The quantitative estimate of drug-likeness (QED) is 0.287. The van der Waals surface area contributed by atoms with E-state index in [9.17, 15) is 9.90 Å². The summed E-state index contributed by atoms with van der Waals surface area (Å²) in [6.07, 6.45) is 5.51. The van der Waals surface area contributed by atoms with Gasteiger partial charge in [0.1, 0.15) is 23.9 Å². The molecule has 5 rings (SSSR count). The monoisotopic (exact) mass is 528 g/mol. The van der Waals surface area contributed by atoms with Gasteiger partial charge in [-0.2, -0.15) is 0 Å². The fraction of sp³-hybridized carbons (Fsp3) is 0.382. The molecule has 0 aliphatic heterocycles. The van der Waals surface area contributed by atoms with Crippen LogP contribution < -0.4 is 9.47 Å². The predicted molar refractivity (Wildman–Crippen MR) is 152 cm³/mol. The zero-order valence-electron chi connectivity index (χ0n) is 23.2. The summed E-state index contributed by atoms with van der Waals surface area (Å²) in [6.45, 7) is 7.01. The molecule has 1 unspecified atom stereocenters. The van der Waals surface area contributed by atoms with Crippen LogP contribution >= 0.6 is 0 Å². The van der Waals surface area contributed by atoms with Crippen molar-refractivity contribution in [1.82, 2.24) is 0 Å². The number of halogens is 1. The molecular formula is C34H37FO4. The SMILES string of the molecule is COc1ccc(F)c(-c2ccc(COc3cccc([C@@H](CC(=O)O)[C@H]4CC4C)c3)cc2C2=CCCC2(C)C)c1. The van der Waals surface area contributed by atoms with E-state index in [-0.39, 0.29) is 23.6 Å². The number of carboxylic acids is 1. The molecule has 3 atom stereocenters. The summed E-state index contributed by atoms with van der Waals surface area (Å²) in [7, 11) is 1.59. The van der Waals surface area contributed by atoms with Gasteiger partial charge in [-0.3, -0.25) is 4.79 Å². The highest BCUT2D eigenvalue weighted by Gasteiger charge is 2.41. The molecule has 3 aromatic carbocycles. The van der Waals surface area contributed by atoms with E-state index in [1.807, 2.05) is 36.4 Å². The van der Waals surface area contributed by atoms with Crippen LogP contribution in [0.15, 0.2) is 66.7 Å². The largest absolute Gasteiger partial charge is 0.497 e. The van der Waals surface area contributed by atoms with Gasteiger partial charge < -0.3 is 14.6 Å². The maximum absolute atomic E-state index is 15.1. The van der Waals surface area contributed by atoms with E-state index in [1.54, 1.807) is 19.2 Å². The van der Waals surface area contributed by atoms with E-state index in [0.29, 0.717) is 29.8 Å². The van der Waals surface area contributed by atoms with Gasteiger partial charge in [0, 0.05) is 5.56 Å². The van der Waals surface area contributed by atoms with Gasteiger partial charge in [0.15, 0.2) is 0 Å². The van der Waals surface area contributed by atoms with Crippen LogP contribution in [-0.4, -0.2) is 18.2 Å². The summed E-state index contributed by atoms with van der Waals surface area (Å²) in [6, 6.07) is 18.8. The minimum absolute atomic E-state index is 0.00114. The molecule has 0 amide bonds. The summed E-state index contributed by atoms with van der Waals surface area (Å²) in [5, 5.41) is 9.47. The van der Waals surface area contributed by atoms with Gasteiger partial charge in [0.05, 0.1) is 13.5 Å². The van der Waals surface area contributed by atoms with Crippen molar-refractivity contribution in [2.24, 2.45) is 17.3 Å². The third-order valence-electron chi connectivity index (χ3n) is 8.46. The Labute approximate surface area is 230 Å². The van der Waals surface area contributed by atoms with Crippen LogP contribution in [-0.2, 0) is 11.4 Å². The molecule has 2 aliphatic carbocycles. The Morgan fingerprint density at radius 2 is 1.85 bits per heavy atom. The lowest BCUT2D eigenvalue weighted by atomic mass is 9.79. The molecule has 204 valence electrons.